The molecule has 0 fully saturated rings. The van der Waals surface area contributed by atoms with Crippen molar-refractivity contribution in [3.05, 3.63) is 29.3 Å². The maximum absolute atomic E-state index is 10.7. The summed E-state index contributed by atoms with van der Waals surface area (Å²) in [5.74, 6) is -0.0165. The van der Waals surface area contributed by atoms with Crippen LogP contribution in [0.4, 0.5) is 10.5 Å². The van der Waals surface area contributed by atoms with Gasteiger partial charge in [-0.3, -0.25) is 4.99 Å². The second kappa shape index (κ2) is 7.49. The van der Waals surface area contributed by atoms with Gasteiger partial charge in [-0.1, -0.05) is 0 Å². The number of carbonyl (C=O) groups is 2. The summed E-state index contributed by atoms with van der Waals surface area (Å²) in [5, 5.41) is 11.9. The molecule has 0 saturated carbocycles. The first kappa shape index (κ1) is 16.0. The Morgan fingerprint density at radius 2 is 2.20 bits per heavy atom. The number of nitrogens with one attached hydrogen (secondary N) is 1. The van der Waals surface area contributed by atoms with Gasteiger partial charge in [-0.2, -0.15) is 0 Å². The van der Waals surface area contributed by atoms with E-state index in [1.807, 2.05) is 0 Å². The van der Waals surface area contributed by atoms with Crippen LogP contribution in [0.3, 0.4) is 0 Å². The van der Waals surface area contributed by atoms with Gasteiger partial charge < -0.3 is 15.2 Å². The monoisotopic (exact) mass is 298 g/mol. The Morgan fingerprint density at radius 3 is 2.65 bits per heavy atom. The molecule has 0 aliphatic carbocycles. The van der Waals surface area contributed by atoms with Crippen molar-refractivity contribution in [3.8, 4) is 0 Å². The third kappa shape index (κ3) is 4.55. The quantitative estimate of drug-likeness (QED) is 0.820. The molecule has 0 atom stereocenters. The molecule has 108 valence electrons. The summed E-state index contributed by atoms with van der Waals surface area (Å²) in [7, 11) is 1.71. The summed E-state index contributed by atoms with van der Waals surface area (Å²) < 4.78 is 4.17. The molecular formula is C13H15ClN2O4. The van der Waals surface area contributed by atoms with Crippen molar-refractivity contribution >= 4 is 34.5 Å². The minimum Gasteiger partial charge on any atom is -0.478 e. The van der Waals surface area contributed by atoms with Gasteiger partial charge in [-0.15, -0.1) is 0 Å². The van der Waals surface area contributed by atoms with Gasteiger partial charge in [-0.25, -0.2) is 9.59 Å². The lowest BCUT2D eigenvalue weighted by Crippen LogP contribution is -2.04. The minimum atomic E-state index is -0.894. The number of amidine groups is 1. The third-order valence-electron chi connectivity index (χ3n) is 2.52. The molecular weight excluding hydrogens is 284 g/mol. The normalized spacial score (nSPS) is 13.8. The van der Waals surface area contributed by atoms with Crippen molar-refractivity contribution in [1.82, 2.24) is 0 Å². The van der Waals surface area contributed by atoms with E-state index in [0.29, 0.717) is 18.6 Å². The zero-order valence-corrected chi connectivity index (χ0v) is 11.9. The van der Waals surface area contributed by atoms with E-state index in [1.165, 1.54) is 0 Å². The van der Waals surface area contributed by atoms with E-state index in [2.05, 4.69) is 15.0 Å². The van der Waals surface area contributed by atoms with Gasteiger partial charge in [0.2, 0.25) is 0 Å². The number of halogens is 1. The molecule has 1 aliphatic heterocycles. The zero-order chi connectivity index (χ0) is 15.1. The fraction of sp³-hybridized carbons (Fsp3) is 0.308. The number of anilines is 1. The van der Waals surface area contributed by atoms with E-state index in [9.17, 15) is 9.59 Å². The average Bonchev–Trinajstić information content (AvgIpc) is 2.81. The van der Waals surface area contributed by atoms with Crippen LogP contribution in [-0.2, 0) is 11.2 Å². The molecule has 2 rings (SSSR count). The molecule has 0 radical (unpaired) electrons. The van der Waals surface area contributed by atoms with Crippen LogP contribution < -0.4 is 5.32 Å². The summed E-state index contributed by atoms with van der Waals surface area (Å²) in [6.45, 7) is 2.04. The first-order chi connectivity index (χ1) is 9.47. The molecule has 1 aliphatic rings. The van der Waals surface area contributed by atoms with Gasteiger partial charge >= 0.3 is 11.4 Å². The number of hydrogen-bond donors (Lipinski definition) is 2. The third-order valence-corrected chi connectivity index (χ3v) is 2.63. The number of benzene rings is 1. The molecule has 0 bridgehead atoms. The van der Waals surface area contributed by atoms with Gasteiger partial charge in [-0.05, 0) is 30.7 Å². The van der Waals surface area contributed by atoms with Crippen LogP contribution in [0.1, 0.15) is 22.8 Å². The number of fused-ring (bicyclic) bond motifs is 1. The first-order valence-corrected chi connectivity index (χ1v) is 6.26. The number of aliphatic imine (C=N–C) groups is 1. The Morgan fingerprint density at radius 1 is 1.50 bits per heavy atom. The zero-order valence-electron chi connectivity index (χ0n) is 11.1. The Labute approximate surface area is 121 Å². The summed E-state index contributed by atoms with van der Waals surface area (Å²) in [5.41, 5.74) is 1.53. The van der Waals surface area contributed by atoms with Crippen LogP contribution in [0.25, 0.3) is 0 Å². The van der Waals surface area contributed by atoms with Gasteiger partial charge in [0.25, 0.3) is 0 Å². The molecule has 7 heteroatoms. The number of carboxylic acid groups (broad SMARTS) is 1. The first-order valence-electron chi connectivity index (χ1n) is 5.89. The molecule has 1 aromatic rings. The van der Waals surface area contributed by atoms with E-state index in [4.69, 9.17) is 16.7 Å². The fourth-order valence-corrected chi connectivity index (χ4v) is 1.73. The highest BCUT2D eigenvalue weighted by Gasteiger charge is 2.16. The molecule has 20 heavy (non-hydrogen) atoms. The molecule has 0 aromatic heterocycles. The highest BCUT2D eigenvalue weighted by molar-refractivity contribution is 6.61. The van der Waals surface area contributed by atoms with E-state index < -0.39 is 11.4 Å². The molecule has 1 aromatic carbocycles. The number of carbonyl (C=O) groups excluding carboxylic acids is 1. The average molecular weight is 299 g/mol. The second-order valence-corrected chi connectivity index (χ2v) is 4.13. The lowest BCUT2D eigenvalue weighted by Gasteiger charge is -1.99. The lowest BCUT2D eigenvalue weighted by atomic mass is 10.1. The van der Waals surface area contributed by atoms with Crippen LogP contribution in [0.5, 0.6) is 0 Å². The predicted octanol–water partition coefficient (Wildman–Crippen LogP) is 2.76. The fourth-order valence-electron chi connectivity index (χ4n) is 1.62. The standard InChI is InChI=1S/C10H10N2O2.C3H5ClO2/c1-11-9-5-7-4-6(10(13)14)2-3-8(7)12-9;1-2-6-3(4)5/h2-4H,5H2,1H3,(H,11,12)(H,13,14);2H2,1H3. The van der Waals surface area contributed by atoms with Crippen LogP contribution in [0.2, 0.25) is 0 Å². The highest BCUT2D eigenvalue weighted by atomic mass is 35.5. The van der Waals surface area contributed by atoms with E-state index >= 15 is 0 Å². The summed E-state index contributed by atoms with van der Waals surface area (Å²) >= 11 is 4.72. The van der Waals surface area contributed by atoms with Crippen LogP contribution in [-0.4, -0.2) is 36.0 Å². The van der Waals surface area contributed by atoms with Crippen molar-refractivity contribution in [2.75, 3.05) is 19.0 Å². The summed E-state index contributed by atoms with van der Waals surface area (Å²) in [4.78, 5) is 24.3. The minimum absolute atomic E-state index is 0.322. The molecule has 6 nitrogen and oxygen atoms in total. The van der Waals surface area contributed by atoms with Crippen LogP contribution in [0.15, 0.2) is 23.2 Å². The van der Waals surface area contributed by atoms with Gasteiger partial charge in [0.15, 0.2) is 0 Å². The van der Waals surface area contributed by atoms with Crippen molar-refractivity contribution in [2.45, 2.75) is 13.3 Å². The largest absolute Gasteiger partial charge is 0.478 e. The van der Waals surface area contributed by atoms with E-state index in [1.54, 1.807) is 32.2 Å². The summed E-state index contributed by atoms with van der Waals surface area (Å²) in [6, 6.07) is 5.05. The van der Waals surface area contributed by atoms with Crippen molar-refractivity contribution in [2.24, 2.45) is 4.99 Å². The Balaban J connectivity index is 0.000000286. The van der Waals surface area contributed by atoms with Gasteiger partial charge in [0.05, 0.1) is 12.2 Å². The Bertz CT molecular complexity index is 543. The second-order valence-electron chi connectivity index (χ2n) is 3.82. The Hall–Kier alpha value is -2.08. The maximum Gasteiger partial charge on any atom is 0.403 e. The van der Waals surface area contributed by atoms with E-state index in [0.717, 1.165) is 17.1 Å². The SMILES string of the molecule is CCOC(=O)Cl.CN=C1Cc2cc(C(=O)O)ccc2N1. The molecule has 0 unspecified atom stereocenters. The molecule has 1 heterocycles. The van der Waals surface area contributed by atoms with Crippen molar-refractivity contribution in [3.63, 3.8) is 0 Å². The maximum atomic E-state index is 10.7. The molecule has 2 N–H and O–H groups in total. The topological polar surface area (TPSA) is 88.0 Å². The number of hydrogen-bond acceptors (Lipinski definition) is 4. The molecule has 0 amide bonds. The Kier molecular flexibility index (Phi) is 5.99. The number of ether oxygens (including phenoxy) is 1. The number of aromatic carboxylic acids is 1. The number of rotatable bonds is 2. The highest BCUT2D eigenvalue weighted by Crippen LogP contribution is 2.24. The lowest BCUT2D eigenvalue weighted by molar-refractivity contribution is 0.0696. The van der Waals surface area contributed by atoms with Crippen LogP contribution in [0, 0.1) is 0 Å². The smallest absolute Gasteiger partial charge is 0.403 e. The number of nitrogens with zero attached hydrogens (tertiary/aromatic N) is 1. The van der Waals surface area contributed by atoms with Crippen molar-refractivity contribution < 1.29 is 19.4 Å². The van der Waals surface area contributed by atoms with Gasteiger partial charge in [0.1, 0.15) is 5.84 Å². The van der Waals surface area contributed by atoms with Gasteiger partial charge in [0, 0.05) is 30.8 Å². The van der Waals surface area contributed by atoms with Crippen LogP contribution >= 0.6 is 11.6 Å². The molecule has 0 spiro atoms. The van der Waals surface area contributed by atoms with Crippen molar-refractivity contribution in [1.29, 1.82) is 0 Å². The number of carboxylic acids is 1. The van der Waals surface area contributed by atoms with E-state index in [-0.39, 0.29) is 0 Å². The molecule has 0 saturated heterocycles. The summed E-state index contributed by atoms with van der Waals surface area (Å²) in [6.07, 6.45) is 0.687. The predicted molar refractivity (Wildman–Crippen MR) is 77.0 cm³/mol.